The van der Waals surface area contributed by atoms with E-state index in [2.05, 4.69) is 21.8 Å². The molecule has 4 nitrogen and oxygen atoms in total. The molecular formula is C16H18FN3OS2. The SMILES string of the molecule is Cc1ncsc1CN1CC2(C[C@H](Oc3ncccc3F)CS2)C1. The van der Waals surface area contributed by atoms with Crippen LogP contribution >= 0.6 is 23.1 Å². The Morgan fingerprint density at radius 2 is 2.30 bits per heavy atom. The van der Waals surface area contributed by atoms with Crippen LogP contribution in [0.25, 0.3) is 0 Å². The number of likely N-dealkylation sites (tertiary alicyclic amines) is 1. The van der Waals surface area contributed by atoms with Gasteiger partial charge in [-0.15, -0.1) is 23.1 Å². The first-order valence-corrected chi connectivity index (χ1v) is 9.53. The Morgan fingerprint density at radius 3 is 3.04 bits per heavy atom. The molecule has 0 bridgehead atoms. The predicted octanol–water partition coefficient (Wildman–Crippen LogP) is 3.12. The van der Waals surface area contributed by atoms with Gasteiger partial charge in [-0.3, -0.25) is 4.90 Å². The second kappa shape index (κ2) is 6.03. The van der Waals surface area contributed by atoms with Gasteiger partial charge in [-0.05, 0) is 19.1 Å². The van der Waals surface area contributed by atoms with Gasteiger partial charge in [-0.25, -0.2) is 14.4 Å². The maximum atomic E-state index is 13.6. The molecule has 2 aliphatic heterocycles. The zero-order valence-corrected chi connectivity index (χ0v) is 14.5. The molecule has 0 unspecified atom stereocenters. The van der Waals surface area contributed by atoms with E-state index in [0.717, 1.165) is 37.5 Å². The average molecular weight is 351 g/mol. The highest BCUT2D eigenvalue weighted by atomic mass is 32.2. The van der Waals surface area contributed by atoms with Crippen molar-refractivity contribution in [2.45, 2.75) is 30.7 Å². The zero-order chi connectivity index (χ0) is 15.9. The van der Waals surface area contributed by atoms with Crippen LogP contribution in [0, 0.1) is 12.7 Å². The minimum atomic E-state index is -0.380. The topological polar surface area (TPSA) is 38.2 Å². The molecule has 0 amide bonds. The summed E-state index contributed by atoms with van der Waals surface area (Å²) in [4.78, 5) is 12.1. The van der Waals surface area contributed by atoms with Crippen molar-refractivity contribution in [2.75, 3.05) is 18.8 Å². The molecule has 2 fully saturated rings. The smallest absolute Gasteiger partial charge is 0.250 e. The molecule has 0 aliphatic carbocycles. The highest BCUT2D eigenvalue weighted by Gasteiger charge is 2.49. The fourth-order valence-electron chi connectivity index (χ4n) is 3.28. The third-order valence-corrected chi connectivity index (χ3v) is 6.91. The summed E-state index contributed by atoms with van der Waals surface area (Å²) >= 11 is 3.68. The Labute approximate surface area is 143 Å². The normalized spacial score (nSPS) is 23.1. The number of hydrogen-bond donors (Lipinski definition) is 0. The van der Waals surface area contributed by atoms with Gasteiger partial charge in [0.1, 0.15) is 6.10 Å². The number of aromatic nitrogens is 2. The third kappa shape index (κ3) is 3.09. The molecule has 2 aromatic heterocycles. The second-order valence-electron chi connectivity index (χ2n) is 6.23. The van der Waals surface area contributed by atoms with E-state index in [9.17, 15) is 4.39 Å². The summed E-state index contributed by atoms with van der Waals surface area (Å²) in [6.07, 6.45) is 2.58. The number of thioether (sulfide) groups is 1. The van der Waals surface area contributed by atoms with E-state index in [1.165, 1.54) is 10.9 Å². The third-order valence-electron chi connectivity index (χ3n) is 4.41. The second-order valence-corrected chi connectivity index (χ2v) is 8.66. The molecular weight excluding hydrogens is 333 g/mol. The maximum Gasteiger partial charge on any atom is 0.250 e. The van der Waals surface area contributed by atoms with Gasteiger partial charge in [0.15, 0.2) is 5.82 Å². The minimum absolute atomic E-state index is 0.0525. The van der Waals surface area contributed by atoms with E-state index in [1.807, 2.05) is 17.3 Å². The van der Waals surface area contributed by atoms with Crippen molar-refractivity contribution in [3.63, 3.8) is 0 Å². The number of thiazole rings is 1. The van der Waals surface area contributed by atoms with Crippen LogP contribution in [0.1, 0.15) is 17.0 Å². The van der Waals surface area contributed by atoms with Gasteiger partial charge in [0, 0.05) is 47.6 Å². The Morgan fingerprint density at radius 1 is 1.43 bits per heavy atom. The molecule has 0 radical (unpaired) electrons. The lowest BCUT2D eigenvalue weighted by Gasteiger charge is -2.47. The molecule has 2 aromatic rings. The first-order valence-electron chi connectivity index (χ1n) is 7.66. The molecule has 0 aromatic carbocycles. The highest BCUT2D eigenvalue weighted by Crippen LogP contribution is 2.46. The van der Waals surface area contributed by atoms with Gasteiger partial charge in [0.25, 0.3) is 5.88 Å². The number of pyridine rings is 1. The van der Waals surface area contributed by atoms with Gasteiger partial charge in [0.05, 0.1) is 11.2 Å². The minimum Gasteiger partial charge on any atom is -0.471 e. The summed E-state index contributed by atoms with van der Waals surface area (Å²) in [6.45, 7) is 5.19. The van der Waals surface area contributed by atoms with Gasteiger partial charge < -0.3 is 4.74 Å². The van der Waals surface area contributed by atoms with Crippen molar-refractivity contribution >= 4 is 23.1 Å². The number of hydrogen-bond acceptors (Lipinski definition) is 6. The fourth-order valence-corrected chi connectivity index (χ4v) is 5.67. The summed E-state index contributed by atoms with van der Waals surface area (Å²) in [6, 6.07) is 2.97. The molecule has 23 heavy (non-hydrogen) atoms. The number of nitrogens with zero attached hydrogens (tertiary/aromatic N) is 3. The Kier molecular flexibility index (Phi) is 4.03. The van der Waals surface area contributed by atoms with Crippen LogP contribution in [0.3, 0.4) is 0 Å². The Balaban J connectivity index is 1.31. The zero-order valence-electron chi connectivity index (χ0n) is 12.9. The summed E-state index contributed by atoms with van der Waals surface area (Å²) in [5.74, 6) is 0.657. The van der Waals surface area contributed by atoms with Crippen molar-refractivity contribution in [1.82, 2.24) is 14.9 Å². The van der Waals surface area contributed by atoms with Crippen molar-refractivity contribution < 1.29 is 9.13 Å². The van der Waals surface area contributed by atoms with Crippen molar-refractivity contribution in [1.29, 1.82) is 0 Å². The molecule has 1 spiro atoms. The molecule has 2 aliphatic rings. The number of ether oxygens (including phenoxy) is 1. The largest absolute Gasteiger partial charge is 0.471 e. The molecule has 122 valence electrons. The summed E-state index contributed by atoms with van der Waals surface area (Å²) in [5.41, 5.74) is 3.05. The van der Waals surface area contributed by atoms with Crippen molar-refractivity contribution in [3.8, 4) is 5.88 Å². The first-order chi connectivity index (χ1) is 11.1. The van der Waals surface area contributed by atoms with E-state index in [-0.39, 0.29) is 22.5 Å². The van der Waals surface area contributed by atoms with Crippen LogP contribution in [0.2, 0.25) is 0 Å². The van der Waals surface area contributed by atoms with Crippen LogP contribution in [-0.2, 0) is 6.54 Å². The molecule has 4 heterocycles. The quantitative estimate of drug-likeness (QED) is 0.846. The summed E-state index contributed by atoms with van der Waals surface area (Å²) in [7, 11) is 0. The number of halogens is 1. The van der Waals surface area contributed by atoms with E-state index >= 15 is 0 Å². The van der Waals surface area contributed by atoms with Crippen LogP contribution in [-0.4, -0.2) is 44.6 Å². The number of aryl methyl sites for hydroxylation is 1. The number of rotatable bonds is 4. The summed E-state index contributed by atoms with van der Waals surface area (Å²) in [5, 5.41) is 0. The van der Waals surface area contributed by atoms with Crippen LogP contribution in [0.4, 0.5) is 4.39 Å². The van der Waals surface area contributed by atoms with Gasteiger partial charge in [-0.2, -0.15) is 0 Å². The van der Waals surface area contributed by atoms with Gasteiger partial charge in [-0.1, -0.05) is 0 Å². The monoisotopic (exact) mass is 351 g/mol. The predicted molar refractivity (Wildman–Crippen MR) is 90.5 cm³/mol. The maximum absolute atomic E-state index is 13.6. The molecule has 0 N–H and O–H groups in total. The van der Waals surface area contributed by atoms with Crippen LogP contribution in [0.15, 0.2) is 23.8 Å². The lowest BCUT2D eigenvalue weighted by Crippen LogP contribution is -2.58. The Hall–Kier alpha value is -1.18. The van der Waals surface area contributed by atoms with Crippen molar-refractivity contribution in [2.24, 2.45) is 0 Å². The van der Waals surface area contributed by atoms with E-state index in [4.69, 9.17) is 4.74 Å². The molecule has 0 saturated carbocycles. The molecule has 4 rings (SSSR count). The summed E-state index contributed by atoms with van der Waals surface area (Å²) < 4.78 is 19.7. The van der Waals surface area contributed by atoms with E-state index in [0.29, 0.717) is 0 Å². The molecule has 2 saturated heterocycles. The highest BCUT2D eigenvalue weighted by molar-refractivity contribution is 8.01. The lowest BCUT2D eigenvalue weighted by molar-refractivity contribution is 0.0902. The average Bonchev–Trinajstić information content (AvgIpc) is 3.09. The van der Waals surface area contributed by atoms with Gasteiger partial charge >= 0.3 is 0 Å². The van der Waals surface area contributed by atoms with E-state index in [1.54, 1.807) is 23.6 Å². The first kappa shape index (κ1) is 15.4. The standard InChI is InChI=1S/C16H18FN3OS2/c1-11-14(22-10-19-11)6-20-8-16(9-20)5-12(7-23-16)21-15-13(17)3-2-4-18-15/h2-4,10,12H,5-9H2,1H3/t12-/m0/s1. The Bertz CT molecular complexity index is 702. The lowest BCUT2D eigenvalue weighted by atomic mass is 9.93. The molecule has 1 atom stereocenters. The van der Waals surface area contributed by atoms with Gasteiger partial charge in [0.2, 0.25) is 0 Å². The van der Waals surface area contributed by atoms with Crippen molar-refractivity contribution in [3.05, 3.63) is 40.2 Å². The van der Waals surface area contributed by atoms with E-state index < -0.39 is 0 Å². The van der Waals surface area contributed by atoms with Crippen LogP contribution in [0.5, 0.6) is 5.88 Å². The van der Waals surface area contributed by atoms with Crippen LogP contribution < -0.4 is 4.74 Å². The molecule has 7 heteroatoms. The fraction of sp³-hybridized carbons (Fsp3) is 0.500.